The highest BCUT2D eigenvalue weighted by atomic mass is 16.6. The van der Waals surface area contributed by atoms with E-state index in [1.165, 1.54) is 0 Å². The maximum atomic E-state index is 12.4. The number of hydrogen-bond acceptors (Lipinski definition) is 4. The van der Waals surface area contributed by atoms with Gasteiger partial charge in [0.1, 0.15) is 5.60 Å². The Bertz CT molecular complexity index is 438. The lowest BCUT2D eigenvalue weighted by Crippen LogP contribution is -2.56. The van der Waals surface area contributed by atoms with Crippen molar-refractivity contribution in [3.63, 3.8) is 0 Å². The number of aliphatic carboxylic acids is 1. The minimum absolute atomic E-state index is 0.116. The second-order valence-electron chi connectivity index (χ2n) is 8.03. The number of piperidine rings is 2. The van der Waals surface area contributed by atoms with Gasteiger partial charge >= 0.3 is 12.1 Å². The number of likely N-dealkylation sites (tertiary alicyclic amines) is 2. The number of carbonyl (C=O) groups excluding carboxylic acids is 1. The van der Waals surface area contributed by atoms with Gasteiger partial charge in [-0.05, 0) is 59.0 Å². The Labute approximate surface area is 138 Å². The molecule has 2 aliphatic heterocycles. The summed E-state index contributed by atoms with van der Waals surface area (Å²) in [5.74, 6) is -0.610. The molecule has 6 heteroatoms. The average molecular weight is 326 g/mol. The van der Waals surface area contributed by atoms with Gasteiger partial charge < -0.3 is 14.7 Å². The minimum atomic E-state index is -0.825. The summed E-state index contributed by atoms with van der Waals surface area (Å²) in [6.45, 7) is 10.5. The van der Waals surface area contributed by atoms with Crippen LogP contribution in [0.25, 0.3) is 0 Å². The third-order valence-electron chi connectivity index (χ3n) is 4.76. The van der Waals surface area contributed by atoms with Gasteiger partial charge in [-0.1, -0.05) is 6.92 Å². The van der Waals surface area contributed by atoms with E-state index in [0.717, 1.165) is 31.8 Å². The highest BCUT2D eigenvalue weighted by Crippen LogP contribution is 2.26. The molecule has 0 aromatic rings. The monoisotopic (exact) mass is 326 g/mol. The molecule has 6 nitrogen and oxygen atoms in total. The topological polar surface area (TPSA) is 70.1 Å². The van der Waals surface area contributed by atoms with Gasteiger partial charge in [0.15, 0.2) is 0 Å². The molecule has 0 saturated carbocycles. The standard InChI is InChI=1S/C17H30N2O4/c1-12-5-7-18(8-6-12)14-9-13(15(20)21)10-19(11-14)16(22)23-17(2,3)4/h12-14H,5-11H2,1-4H3,(H,20,21)/t13-,14+/m0/s1. The third-order valence-corrected chi connectivity index (χ3v) is 4.76. The van der Waals surface area contributed by atoms with Crippen LogP contribution in [0.3, 0.4) is 0 Å². The van der Waals surface area contributed by atoms with Crippen LogP contribution in [-0.4, -0.2) is 64.8 Å². The molecule has 0 aliphatic carbocycles. The molecule has 1 amide bonds. The van der Waals surface area contributed by atoms with E-state index in [0.29, 0.717) is 13.0 Å². The summed E-state index contributed by atoms with van der Waals surface area (Å²) in [7, 11) is 0. The Hall–Kier alpha value is -1.30. The fourth-order valence-electron chi connectivity index (χ4n) is 3.39. The molecule has 2 saturated heterocycles. The summed E-state index contributed by atoms with van der Waals surface area (Å²) in [4.78, 5) is 27.8. The molecule has 132 valence electrons. The smallest absolute Gasteiger partial charge is 0.410 e. The first-order chi connectivity index (χ1) is 10.7. The van der Waals surface area contributed by atoms with Crippen LogP contribution < -0.4 is 0 Å². The van der Waals surface area contributed by atoms with Crippen LogP contribution in [0.4, 0.5) is 4.79 Å². The molecule has 2 aliphatic rings. The van der Waals surface area contributed by atoms with Crippen molar-refractivity contribution < 1.29 is 19.4 Å². The number of amides is 1. The molecule has 0 aromatic heterocycles. The summed E-state index contributed by atoms with van der Waals surface area (Å²) in [5, 5.41) is 9.43. The predicted octanol–water partition coefficient (Wildman–Crippen LogP) is 2.43. The van der Waals surface area contributed by atoms with Crippen LogP contribution in [0.1, 0.15) is 47.0 Å². The van der Waals surface area contributed by atoms with E-state index in [-0.39, 0.29) is 12.6 Å². The number of ether oxygens (including phenoxy) is 1. The molecule has 1 N–H and O–H groups in total. The van der Waals surface area contributed by atoms with Gasteiger partial charge in [-0.15, -0.1) is 0 Å². The van der Waals surface area contributed by atoms with Gasteiger partial charge in [-0.25, -0.2) is 4.79 Å². The maximum Gasteiger partial charge on any atom is 0.410 e. The summed E-state index contributed by atoms with van der Waals surface area (Å²) in [5.41, 5.74) is -0.566. The van der Waals surface area contributed by atoms with E-state index >= 15 is 0 Å². The van der Waals surface area contributed by atoms with E-state index in [1.807, 2.05) is 20.8 Å². The molecule has 0 radical (unpaired) electrons. The number of carboxylic acids is 1. The Balaban J connectivity index is 2.05. The Kier molecular flexibility index (Phi) is 5.55. The van der Waals surface area contributed by atoms with Gasteiger partial charge in [0.2, 0.25) is 0 Å². The molecule has 2 fully saturated rings. The lowest BCUT2D eigenvalue weighted by Gasteiger charge is -2.43. The minimum Gasteiger partial charge on any atom is -0.481 e. The van der Waals surface area contributed by atoms with Crippen molar-refractivity contribution in [2.75, 3.05) is 26.2 Å². The SMILES string of the molecule is CC1CCN([C@@H]2C[C@H](C(=O)O)CN(C(=O)OC(C)(C)C)C2)CC1. The van der Waals surface area contributed by atoms with Gasteiger partial charge in [0, 0.05) is 19.1 Å². The van der Waals surface area contributed by atoms with Gasteiger partial charge in [-0.3, -0.25) is 9.69 Å². The molecule has 2 heterocycles. The molecular weight excluding hydrogens is 296 g/mol. The van der Waals surface area contributed by atoms with E-state index in [2.05, 4.69) is 11.8 Å². The van der Waals surface area contributed by atoms with Crippen LogP contribution >= 0.6 is 0 Å². The zero-order valence-corrected chi connectivity index (χ0v) is 14.7. The van der Waals surface area contributed by atoms with Gasteiger partial charge in [0.05, 0.1) is 5.92 Å². The highest BCUT2D eigenvalue weighted by Gasteiger charge is 2.38. The Morgan fingerprint density at radius 3 is 2.26 bits per heavy atom. The molecule has 0 unspecified atom stereocenters. The zero-order valence-electron chi connectivity index (χ0n) is 14.7. The fourth-order valence-corrected chi connectivity index (χ4v) is 3.39. The fraction of sp³-hybridized carbons (Fsp3) is 0.882. The number of rotatable bonds is 2. The van der Waals surface area contributed by atoms with Gasteiger partial charge in [0.25, 0.3) is 0 Å². The van der Waals surface area contributed by atoms with E-state index in [1.54, 1.807) is 4.90 Å². The first-order valence-corrected chi connectivity index (χ1v) is 8.60. The van der Waals surface area contributed by atoms with Crippen molar-refractivity contribution in [2.24, 2.45) is 11.8 Å². The number of nitrogens with zero attached hydrogens (tertiary/aromatic N) is 2. The van der Waals surface area contributed by atoms with Crippen molar-refractivity contribution in [3.05, 3.63) is 0 Å². The third kappa shape index (κ3) is 5.09. The first-order valence-electron chi connectivity index (χ1n) is 8.60. The molecule has 0 spiro atoms. The second-order valence-corrected chi connectivity index (χ2v) is 8.03. The zero-order chi connectivity index (χ0) is 17.2. The van der Waals surface area contributed by atoms with Crippen molar-refractivity contribution in [3.8, 4) is 0 Å². The van der Waals surface area contributed by atoms with Crippen LogP contribution in [0.2, 0.25) is 0 Å². The molecule has 2 rings (SSSR count). The number of carboxylic acid groups (broad SMARTS) is 1. The summed E-state index contributed by atoms with van der Waals surface area (Å²) in [6, 6.07) is 0.116. The van der Waals surface area contributed by atoms with Crippen LogP contribution in [-0.2, 0) is 9.53 Å². The number of carbonyl (C=O) groups is 2. The molecule has 0 bridgehead atoms. The molecular formula is C17H30N2O4. The van der Waals surface area contributed by atoms with Crippen molar-refractivity contribution >= 4 is 12.1 Å². The predicted molar refractivity (Wildman–Crippen MR) is 87.3 cm³/mol. The lowest BCUT2D eigenvalue weighted by atomic mass is 9.90. The first kappa shape index (κ1) is 18.0. The maximum absolute atomic E-state index is 12.4. The number of hydrogen-bond donors (Lipinski definition) is 1. The van der Waals surface area contributed by atoms with E-state index < -0.39 is 23.6 Å². The molecule has 23 heavy (non-hydrogen) atoms. The summed E-state index contributed by atoms with van der Waals surface area (Å²) in [6.07, 6.45) is 2.49. The Morgan fingerprint density at radius 2 is 1.74 bits per heavy atom. The Morgan fingerprint density at radius 1 is 1.13 bits per heavy atom. The van der Waals surface area contributed by atoms with E-state index in [4.69, 9.17) is 4.74 Å². The van der Waals surface area contributed by atoms with Crippen LogP contribution in [0.15, 0.2) is 0 Å². The van der Waals surface area contributed by atoms with E-state index in [9.17, 15) is 14.7 Å². The summed E-state index contributed by atoms with van der Waals surface area (Å²) >= 11 is 0. The largest absolute Gasteiger partial charge is 0.481 e. The van der Waals surface area contributed by atoms with Crippen molar-refractivity contribution in [1.82, 2.24) is 9.80 Å². The van der Waals surface area contributed by atoms with Crippen LogP contribution in [0.5, 0.6) is 0 Å². The van der Waals surface area contributed by atoms with Crippen molar-refractivity contribution in [1.29, 1.82) is 0 Å². The van der Waals surface area contributed by atoms with Crippen molar-refractivity contribution in [2.45, 2.75) is 58.6 Å². The average Bonchev–Trinajstić information content (AvgIpc) is 2.45. The highest BCUT2D eigenvalue weighted by molar-refractivity contribution is 5.73. The normalized spacial score (nSPS) is 27.7. The van der Waals surface area contributed by atoms with Crippen LogP contribution in [0, 0.1) is 11.8 Å². The quantitative estimate of drug-likeness (QED) is 0.844. The lowest BCUT2D eigenvalue weighted by molar-refractivity contribution is -0.144. The second kappa shape index (κ2) is 7.07. The molecule has 0 aromatic carbocycles. The summed E-state index contributed by atoms with van der Waals surface area (Å²) < 4.78 is 5.43. The van der Waals surface area contributed by atoms with Gasteiger partial charge in [-0.2, -0.15) is 0 Å². The molecule has 2 atom stereocenters.